The van der Waals surface area contributed by atoms with Gasteiger partial charge in [0.15, 0.2) is 0 Å². The number of nitrogens with one attached hydrogen (secondary N) is 1. The summed E-state index contributed by atoms with van der Waals surface area (Å²) >= 11 is 5.90. The lowest BCUT2D eigenvalue weighted by atomic mass is 10.1. The molecule has 0 saturated carbocycles. The largest absolute Gasteiger partial charge is 0.469 e. The van der Waals surface area contributed by atoms with E-state index in [0.717, 1.165) is 23.6 Å². The Hall–Kier alpha value is -1.25. The predicted octanol–water partition coefficient (Wildman–Crippen LogP) is 4.60. The van der Waals surface area contributed by atoms with Crippen LogP contribution in [0.4, 0.5) is 0 Å². The zero-order valence-electron chi connectivity index (χ0n) is 11.4. The monoisotopic (exact) mass is 277 g/mol. The molecule has 0 bridgehead atoms. The maximum atomic E-state index is 5.90. The van der Waals surface area contributed by atoms with Crippen LogP contribution in [-0.2, 0) is 6.42 Å². The van der Waals surface area contributed by atoms with Crippen molar-refractivity contribution in [3.8, 4) is 0 Å². The maximum Gasteiger partial charge on any atom is 0.103 e. The second kappa shape index (κ2) is 6.78. The molecule has 102 valence electrons. The first-order valence-electron chi connectivity index (χ1n) is 6.69. The molecule has 0 fully saturated rings. The van der Waals surface area contributed by atoms with Crippen LogP contribution in [-0.4, -0.2) is 6.04 Å². The molecule has 2 aromatic rings. The Morgan fingerprint density at radius 3 is 2.53 bits per heavy atom. The summed E-state index contributed by atoms with van der Waals surface area (Å²) in [6.07, 6.45) is 3.75. The molecule has 0 saturated heterocycles. The van der Waals surface area contributed by atoms with Gasteiger partial charge in [-0.3, -0.25) is 0 Å². The summed E-state index contributed by atoms with van der Waals surface area (Å²) in [5.74, 6) is 1.05. The van der Waals surface area contributed by atoms with Gasteiger partial charge in [0.25, 0.3) is 0 Å². The van der Waals surface area contributed by atoms with Crippen LogP contribution >= 0.6 is 11.6 Å². The van der Waals surface area contributed by atoms with Gasteiger partial charge < -0.3 is 9.73 Å². The molecular weight excluding hydrogens is 258 g/mol. The zero-order valence-corrected chi connectivity index (χ0v) is 12.2. The van der Waals surface area contributed by atoms with E-state index in [4.69, 9.17) is 16.0 Å². The van der Waals surface area contributed by atoms with Crippen molar-refractivity contribution < 1.29 is 4.42 Å². The second-order valence-corrected chi connectivity index (χ2v) is 5.40. The van der Waals surface area contributed by atoms with Crippen molar-refractivity contribution in [3.05, 3.63) is 59.0 Å². The normalized spacial score (nSPS) is 14.3. The van der Waals surface area contributed by atoms with Gasteiger partial charge in [-0.2, -0.15) is 0 Å². The van der Waals surface area contributed by atoms with E-state index < -0.39 is 0 Å². The predicted molar refractivity (Wildman–Crippen MR) is 79.5 cm³/mol. The summed E-state index contributed by atoms with van der Waals surface area (Å²) in [5.41, 5.74) is 1.26. The number of hydrogen-bond acceptors (Lipinski definition) is 2. The van der Waals surface area contributed by atoms with Crippen molar-refractivity contribution in [1.82, 2.24) is 5.32 Å². The second-order valence-electron chi connectivity index (χ2n) is 4.96. The number of benzene rings is 1. The van der Waals surface area contributed by atoms with Crippen molar-refractivity contribution >= 4 is 11.6 Å². The Morgan fingerprint density at radius 1 is 1.16 bits per heavy atom. The number of aryl methyl sites for hydroxylation is 1. The lowest BCUT2D eigenvalue weighted by Gasteiger charge is -2.20. The summed E-state index contributed by atoms with van der Waals surface area (Å²) in [5, 5.41) is 4.37. The summed E-state index contributed by atoms with van der Waals surface area (Å²) < 4.78 is 5.34. The number of halogens is 1. The fourth-order valence-electron chi connectivity index (χ4n) is 2.17. The Labute approximate surface area is 119 Å². The van der Waals surface area contributed by atoms with Crippen LogP contribution in [0.25, 0.3) is 0 Å². The van der Waals surface area contributed by atoms with Crippen LogP contribution in [0.5, 0.6) is 0 Å². The van der Waals surface area contributed by atoms with E-state index in [1.54, 1.807) is 6.26 Å². The molecule has 0 aliphatic carbocycles. The molecule has 0 aliphatic rings. The minimum Gasteiger partial charge on any atom is -0.469 e. The zero-order chi connectivity index (χ0) is 13.7. The number of furan rings is 1. The van der Waals surface area contributed by atoms with E-state index in [9.17, 15) is 0 Å². The molecule has 19 heavy (non-hydrogen) atoms. The first-order chi connectivity index (χ1) is 9.15. The quantitative estimate of drug-likeness (QED) is 0.834. The van der Waals surface area contributed by atoms with Gasteiger partial charge in [-0.05, 0) is 50.1 Å². The summed E-state index contributed by atoms with van der Waals surface area (Å²) in [6, 6.07) is 12.7. The van der Waals surface area contributed by atoms with Crippen LogP contribution < -0.4 is 5.32 Å². The van der Waals surface area contributed by atoms with E-state index in [2.05, 4.69) is 31.3 Å². The lowest BCUT2D eigenvalue weighted by Crippen LogP contribution is -2.29. The van der Waals surface area contributed by atoms with E-state index in [0.29, 0.717) is 12.1 Å². The highest BCUT2D eigenvalue weighted by Crippen LogP contribution is 2.17. The van der Waals surface area contributed by atoms with Gasteiger partial charge in [-0.25, -0.2) is 0 Å². The van der Waals surface area contributed by atoms with Crippen molar-refractivity contribution in [2.75, 3.05) is 0 Å². The molecule has 1 heterocycles. The molecule has 0 aliphatic heterocycles. The lowest BCUT2D eigenvalue weighted by molar-refractivity contribution is 0.430. The first kappa shape index (κ1) is 14.2. The fraction of sp³-hybridized carbons (Fsp3) is 0.375. The minimum absolute atomic E-state index is 0.323. The summed E-state index contributed by atoms with van der Waals surface area (Å²) in [7, 11) is 0. The Bertz CT molecular complexity index is 478. The minimum atomic E-state index is 0.323. The molecule has 0 amide bonds. The van der Waals surface area contributed by atoms with Crippen LogP contribution in [0, 0.1) is 0 Å². The smallest absolute Gasteiger partial charge is 0.103 e. The van der Waals surface area contributed by atoms with Crippen LogP contribution in [0.15, 0.2) is 47.1 Å². The van der Waals surface area contributed by atoms with Crippen molar-refractivity contribution in [2.24, 2.45) is 0 Å². The van der Waals surface area contributed by atoms with Gasteiger partial charge in [0.1, 0.15) is 5.76 Å². The van der Waals surface area contributed by atoms with E-state index in [1.807, 2.05) is 24.3 Å². The average molecular weight is 278 g/mol. The summed E-state index contributed by atoms with van der Waals surface area (Å²) in [4.78, 5) is 0. The SMILES string of the molecule is CC(CCc1ccco1)N[C@H](C)c1ccc(Cl)cc1. The van der Waals surface area contributed by atoms with Gasteiger partial charge in [0.2, 0.25) is 0 Å². The maximum absolute atomic E-state index is 5.90. The highest BCUT2D eigenvalue weighted by Gasteiger charge is 2.10. The highest BCUT2D eigenvalue weighted by molar-refractivity contribution is 6.30. The molecule has 0 spiro atoms. The van der Waals surface area contributed by atoms with Gasteiger partial charge in [-0.15, -0.1) is 0 Å². The highest BCUT2D eigenvalue weighted by atomic mass is 35.5. The third kappa shape index (κ3) is 4.41. The van der Waals surface area contributed by atoms with E-state index >= 15 is 0 Å². The Kier molecular flexibility index (Phi) is 5.06. The molecule has 2 atom stereocenters. The molecule has 1 N–H and O–H groups in total. The Balaban J connectivity index is 1.81. The summed E-state index contributed by atoms with van der Waals surface area (Å²) in [6.45, 7) is 4.38. The van der Waals surface area contributed by atoms with Crippen LogP contribution in [0.2, 0.25) is 5.02 Å². The first-order valence-corrected chi connectivity index (χ1v) is 7.07. The standard InChI is InChI=1S/C16H20ClNO/c1-12(5-10-16-4-3-11-19-16)18-13(2)14-6-8-15(17)9-7-14/h3-4,6-9,11-13,18H,5,10H2,1-2H3/t12?,13-/m1/s1. The van der Waals surface area contributed by atoms with Crippen molar-refractivity contribution in [3.63, 3.8) is 0 Å². The van der Waals surface area contributed by atoms with E-state index in [1.165, 1.54) is 5.56 Å². The van der Waals surface area contributed by atoms with Gasteiger partial charge in [0.05, 0.1) is 6.26 Å². The topological polar surface area (TPSA) is 25.2 Å². The molecule has 3 heteroatoms. The van der Waals surface area contributed by atoms with E-state index in [-0.39, 0.29) is 0 Å². The molecule has 1 aromatic heterocycles. The van der Waals surface area contributed by atoms with Gasteiger partial charge in [-0.1, -0.05) is 23.7 Å². The van der Waals surface area contributed by atoms with Crippen molar-refractivity contribution in [2.45, 2.75) is 38.8 Å². The molecular formula is C16H20ClNO. The van der Waals surface area contributed by atoms with Crippen molar-refractivity contribution in [1.29, 1.82) is 0 Å². The molecule has 2 nitrogen and oxygen atoms in total. The number of hydrogen-bond donors (Lipinski definition) is 1. The van der Waals surface area contributed by atoms with Crippen LogP contribution in [0.1, 0.15) is 37.6 Å². The van der Waals surface area contributed by atoms with Gasteiger partial charge in [0, 0.05) is 23.5 Å². The molecule has 0 radical (unpaired) electrons. The molecule has 1 unspecified atom stereocenters. The Morgan fingerprint density at radius 2 is 1.89 bits per heavy atom. The third-order valence-electron chi connectivity index (χ3n) is 3.31. The third-order valence-corrected chi connectivity index (χ3v) is 3.56. The number of rotatable bonds is 6. The molecule has 2 rings (SSSR count). The van der Waals surface area contributed by atoms with Gasteiger partial charge >= 0.3 is 0 Å². The van der Waals surface area contributed by atoms with Crippen LogP contribution in [0.3, 0.4) is 0 Å². The fourth-order valence-corrected chi connectivity index (χ4v) is 2.30. The average Bonchev–Trinajstić information content (AvgIpc) is 2.90. The molecule has 1 aromatic carbocycles.